The highest BCUT2D eigenvalue weighted by molar-refractivity contribution is 7.99. The molecule has 0 radical (unpaired) electrons. The molecule has 0 saturated carbocycles. The molecule has 124 valence electrons. The van der Waals surface area contributed by atoms with E-state index in [1.807, 2.05) is 43.5 Å². The van der Waals surface area contributed by atoms with E-state index in [2.05, 4.69) is 21.2 Å². The largest absolute Gasteiger partial charge is 0.493 e. The summed E-state index contributed by atoms with van der Waals surface area (Å²) in [5.41, 5.74) is 2.07. The van der Waals surface area contributed by atoms with Crippen molar-refractivity contribution in [1.29, 1.82) is 0 Å². The van der Waals surface area contributed by atoms with E-state index in [1.54, 1.807) is 18.0 Å². The third-order valence-corrected chi connectivity index (χ3v) is 4.29. The second-order valence-electron chi connectivity index (χ2n) is 5.12. The summed E-state index contributed by atoms with van der Waals surface area (Å²) in [6.07, 6.45) is 5.72. The molecular formula is C18H19N3O2S. The van der Waals surface area contributed by atoms with Gasteiger partial charge in [-0.25, -0.2) is 0 Å². The van der Waals surface area contributed by atoms with Gasteiger partial charge in [-0.3, -0.25) is 4.98 Å². The Bertz CT molecular complexity index is 762. The van der Waals surface area contributed by atoms with Gasteiger partial charge in [0.05, 0.1) is 12.2 Å². The molecule has 6 heteroatoms. The third kappa shape index (κ3) is 4.35. The lowest BCUT2D eigenvalue weighted by Gasteiger charge is -2.06. The molecule has 0 fully saturated rings. The molecule has 0 unspecified atom stereocenters. The summed E-state index contributed by atoms with van der Waals surface area (Å²) >= 11 is 1.57. The van der Waals surface area contributed by atoms with E-state index >= 15 is 0 Å². The van der Waals surface area contributed by atoms with Gasteiger partial charge in [-0.1, -0.05) is 30.0 Å². The third-order valence-electron chi connectivity index (χ3n) is 3.38. The Morgan fingerprint density at radius 3 is 2.88 bits per heavy atom. The van der Waals surface area contributed by atoms with Gasteiger partial charge in [-0.2, -0.15) is 0 Å². The lowest BCUT2D eigenvalue weighted by molar-refractivity contribution is 0.340. The smallest absolute Gasteiger partial charge is 0.276 e. The summed E-state index contributed by atoms with van der Waals surface area (Å²) in [6.45, 7) is 2.55. The van der Waals surface area contributed by atoms with Gasteiger partial charge in [0.1, 0.15) is 5.75 Å². The van der Waals surface area contributed by atoms with Crippen molar-refractivity contribution in [3.05, 3.63) is 54.4 Å². The molecule has 0 aliphatic carbocycles. The van der Waals surface area contributed by atoms with Crippen LogP contribution in [0, 0.1) is 0 Å². The molecule has 0 aliphatic rings. The van der Waals surface area contributed by atoms with E-state index in [4.69, 9.17) is 9.15 Å². The minimum absolute atomic E-state index is 0.494. The number of aryl methyl sites for hydroxylation is 1. The van der Waals surface area contributed by atoms with Crippen molar-refractivity contribution in [3.8, 4) is 17.2 Å². The fourth-order valence-corrected chi connectivity index (χ4v) is 2.98. The van der Waals surface area contributed by atoms with Crippen molar-refractivity contribution in [3.63, 3.8) is 0 Å². The normalized spacial score (nSPS) is 10.7. The van der Waals surface area contributed by atoms with Gasteiger partial charge < -0.3 is 9.15 Å². The first-order chi connectivity index (χ1) is 11.9. The van der Waals surface area contributed by atoms with Crippen LogP contribution in [0.2, 0.25) is 0 Å². The summed E-state index contributed by atoms with van der Waals surface area (Å²) in [5.74, 6) is 2.18. The molecule has 24 heavy (non-hydrogen) atoms. The maximum absolute atomic E-state index is 5.76. The molecule has 2 aromatic heterocycles. The van der Waals surface area contributed by atoms with E-state index in [0.29, 0.717) is 17.7 Å². The molecule has 1 aromatic carbocycles. The number of benzene rings is 1. The van der Waals surface area contributed by atoms with Crippen molar-refractivity contribution < 1.29 is 9.15 Å². The van der Waals surface area contributed by atoms with Gasteiger partial charge in [-0.05, 0) is 43.5 Å². The molecule has 3 aromatic rings. The van der Waals surface area contributed by atoms with Gasteiger partial charge in [0.25, 0.3) is 11.1 Å². The number of ether oxygens (including phenoxy) is 1. The predicted molar refractivity (Wildman–Crippen MR) is 94.2 cm³/mol. The molecule has 0 atom stereocenters. The Labute approximate surface area is 145 Å². The van der Waals surface area contributed by atoms with E-state index in [0.717, 1.165) is 29.9 Å². The lowest BCUT2D eigenvalue weighted by Crippen LogP contribution is -1.93. The topological polar surface area (TPSA) is 61.0 Å². The van der Waals surface area contributed by atoms with E-state index in [1.165, 1.54) is 5.56 Å². The fourth-order valence-electron chi connectivity index (χ4n) is 2.28. The van der Waals surface area contributed by atoms with Crippen LogP contribution < -0.4 is 4.74 Å². The summed E-state index contributed by atoms with van der Waals surface area (Å²) in [5, 5.41) is 8.84. The first kappa shape index (κ1) is 16.5. The number of para-hydroxylation sites is 1. The average molecular weight is 341 g/mol. The molecule has 0 amide bonds. The number of pyridine rings is 1. The van der Waals surface area contributed by atoms with Crippen LogP contribution >= 0.6 is 11.8 Å². The van der Waals surface area contributed by atoms with Crippen molar-refractivity contribution >= 4 is 11.8 Å². The number of aromatic nitrogens is 3. The van der Waals surface area contributed by atoms with Gasteiger partial charge in [0.2, 0.25) is 0 Å². The van der Waals surface area contributed by atoms with Crippen molar-refractivity contribution in [2.75, 3.05) is 12.4 Å². The quantitative estimate of drug-likeness (QED) is 0.451. The highest BCUT2D eigenvalue weighted by Gasteiger charge is 2.13. The van der Waals surface area contributed by atoms with Gasteiger partial charge in [0.15, 0.2) is 0 Å². The fraction of sp³-hybridized carbons (Fsp3) is 0.278. The monoisotopic (exact) mass is 341 g/mol. The van der Waals surface area contributed by atoms with Crippen LogP contribution in [0.1, 0.15) is 18.9 Å². The lowest BCUT2D eigenvalue weighted by atomic mass is 10.2. The predicted octanol–water partition coefficient (Wildman–Crippen LogP) is 4.26. The van der Waals surface area contributed by atoms with Crippen LogP contribution in [0.25, 0.3) is 11.5 Å². The molecule has 0 N–H and O–H groups in total. The van der Waals surface area contributed by atoms with Crippen molar-refractivity contribution in [1.82, 2.24) is 15.2 Å². The molecule has 0 aliphatic heterocycles. The molecule has 5 nitrogen and oxygen atoms in total. The molecule has 2 heterocycles. The van der Waals surface area contributed by atoms with Crippen molar-refractivity contribution in [2.45, 2.75) is 25.0 Å². The number of hydrogen-bond acceptors (Lipinski definition) is 6. The zero-order valence-electron chi connectivity index (χ0n) is 13.5. The Kier molecular flexibility index (Phi) is 5.85. The van der Waals surface area contributed by atoms with E-state index in [9.17, 15) is 0 Å². The van der Waals surface area contributed by atoms with Crippen LogP contribution in [0.15, 0.2) is 58.4 Å². The zero-order valence-corrected chi connectivity index (χ0v) is 14.3. The maximum Gasteiger partial charge on any atom is 0.276 e. The van der Waals surface area contributed by atoms with Crippen LogP contribution in [0.4, 0.5) is 0 Å². The summed E-state index contributed by atoms with van der Waals surface area (Å²) in [4.78, 5) is 4.12. The number of rotatable bonds is 8. The van der Waals surface area contributed by atoms with E-state index < -0.39 is 0 Å². The Balaban J connectivity index is 1.56. The average Bonchev–Trinajstić information content (AvgIpc) is 3.09. The van der Waals surface area contributed by atoms with Crippen LogP contribution in [0.3, 0.4) is 0 Å². The SMILES string of the molecule is CCOc1ccccc1-c1nnc(SCCCc2cccnc2)o1. The number of hydrogen-bond donors (Lipinski definition) is 0. The zero-order chi connectivity index (χ0) is 16.6. The summed E-state index contributed by atoms with van der Waals surface area (Å²) in [7, 11) is 0. The highest BCUT2D eigenvalue weighted by atomic mass is 32.2. The first-order valence-corrected chi connectivity index (χ1v) is 8.93. The van der Waals surface area contributed by atoms with Gasteiger partial charge in [-0.15, -0.1) is 10.2 Å². The van der Waals surface area contributed by atoms with E-state index in [-0.39, 0.29) is 0 Å². The molecule has 0 bridgehead atoms. The standard InChI is InChI=1S/C18H19N3O2S/c1-2-22-16-10-4-3-9-15(16)17-20-21-18(23-17)24-12-6-8-14-7-5-11-19-13-14/h3-5,7,9-11,13H,2,6,8,12H2,1H3. The minimum atomic E-state index is 0.494. The number of thioether (sulfide) groups is 1. The second-order valence-corrected chi connectivity index (χ2v) is 6.16. The number of nitrogens with zero attached hydrogens (tertiary/aromatic N) is 3. The Hall–Kier alpha value is -2.34. The van der Waals surface area contributed by atoms with Gasteiger partial charge in [0, 0.05) is 18.1 Å². The Morgan fingerprint density at radius 2 is 2.04 bits per heavy atom. The summed E-state index contributed by atoms with van der Waals surface area (Å²) < 4.78 is 11.4. The molecule has 0 spiro atoms. The van der Waals surface area contributed by atoms with Crippen molar-refractivity contribution in [2.24, 2.45) is 0 Å². The highest BCUT2D eigenvalue weighted by Crippen LogP contribution is 2.30. The molecule has 0 saturated heterocycles. The van der Waals surface area contributed by atoms with Crippen LogP contribution in [-0.4, -0.2) is 27.5 Å². The summed E-state index contributed by atoms with van der Waals surface area (Å²) in [6, 6.07) is 11.7. The van der Waals surface area contributed by atoms with Crippen LogP contribution in [0.5, 0.6) is 5.75 Å². The maximum atomic E-state index is 5.76. The molecular weight excluding hydrogens is 322 g/mol. The van der Waals surface area contributed by atoms with Crippen LogP contribution in [-0.2, 0) is 6.42 Å². The molecule has 3 rings (SSSR count). The van der Waals surface area contributed by atoms with Gasteiger partial charge >= 0.3 is 0 Å². The Morgan fingerprint density at radius 1 is 1.12 bits per heavy atom. The first-order valence-electron chi connectivity index (χ1n) is 7.94. The second kappa shape index (κ2) is 8.49. The minimum Gasteiger partial charge on any atom is -0.493 e.